The molecule has 1 aromatic heterocycles. The Labute approximate surface area is 131 Å². The van der Waals surface area contributed by atoms with Gasteiger partial charge in [0, 0.05) is 6.04 Å². The number of nitrogen functional groups attached to an aromatic ring is 1. The molecule has 4 nitrogen and oxygen atoms in total. The van der Waals surface area contributed by atoms with Crippen LogP contribution in [0.1, 0.15) is 33.6 Å². The van der Waals surface area contributed by atoms with Crippen molar-refractivity contribution in [1.82, 2.24) is 10.3 Å². The maximum absolute atomic E-state index is 5.58. The molecule has 0 spiro atoms. The number of fused-ring (bicyclic) bond motifs is 2. The van der Waals surface area contributed by atoms with Gasteiger partial charge in [-0.25, -0.2) is 4.98 Å². The number of hydrogen-bond acceptors (Lipinski definition) is 3. The lowest BCUT2D eigenvalue weighted by molar-refractivity contribution is -0.111. The Bertz CT molecular complexity index is 540. The summed E-state index contributed by atoms with van der Waals surface area (Å²) in [6.45, 7) is 7.18. The molecule has 0 aliphatic heterocycles. The highest BCUT2D eigenvalue weighted by Gasteiger charge is 2.56. The van der Waals surface area contributed by atoms with Crippen molar-refractivity contribution < 1.29 is 0 Å². The number of nitrogens with two attached hydrogens (primary N) is 1. The Kier molecular flexibility index (Phi) is 3.56. The van der Waals surface area contributed by atoms with Crippen LogP contribution in [0.5, 0.6) is 0 Å². The molecule has 21 heavy (non-hydrogen) atoms. The number of nitrogens with one attached hydrogen (secondary N) is 2. The smallest absolute Gasteiger partial charge is 0.171 e. The molecule has 2 bridgehead atoms. The van der Waals surface area contributed by atoms with Gasteiger partial charge in [0.1, 0.15) is 5.82 Å². The number of pyridine rings is 1. The first-order chi connectivity index (χ1) is 9.88. The van der Waals surface area contributed by atoms with E-state index >= 15 is 0 Å². The van der Waals surface area contributed by atoms with Crippen molar-refractivity contribution in [3.63, 3.8) is 0 Å². The molecule has 4 N–H and O–H groups in total. The van der Waals surface area contributed by atoms with E-state index in [-0.39, 0.29) is 0 Å². The average molecular weight is 304 g/mol. The van der Waals surface area contributed by atoms with Crippen LogP contribution in [-0.4, -0.2) is 16.1 Å². The van der Waals surface area contributed by atoms with Crippen LogP contribution >= 0.6 is 12.2 Å². The molecule has 1 heterocycles. The minimum Gasteiger partial charge on any atom is -0.384 e. The molecule has 3 aliphatic carbocycles. The number of anilines is 2. The van der Waals surface area contributed by atoms with Gasteiger partial charge < -0.3 is 16.4 Å². The molecule has 114 valence electrons. The number of thiocarbonyl (C=S) groups is 1. The molecule has 1 aromatic rings. The van der Waals surface area contributed by atoms with Crippen LogP contribution in [0.3, 0.4) is 0 Å². The predicted octanol–water partition coefficient (Wildman–Crippen LogP) is 3.02. The van der Waals surface area contributed by atoms with Crippen molar-refractivity contribution in [3.05, 3.63) is 18.3 Å². The summed E-state index contributed by atoms with van der Waals surface area (Å²) in [6, 6.07) is 4.14. The van der Waals surface area contributed by atoms with Crippen molar-refractivity contribution in [2.24, 2.45) is 23.2 Å². The van der Waals surface area contributed by atoms with Gasteiger partial charge in [0.25, 0.3) is 0 Å². The predicted molar refractivity (Wildman–Crippen MR) is 91.0 cm³/mol. The quantitative estimate of drug-likeness (QED) is 0.733. The minimum absolute atomic E-state index is 0.475. The highest BCUT2D eigenvalue weighted by Crippen LogP contribution is 2.61. The molecule has 3 aliphatic rings. The topological polar surface area (TPSA) is 63.0 Å². The Morgan fingerprint density at radius 3 is 2.71 bits per heavy atom. The lowest BCUT2D eigenvalue weighted by atomic mass is 9.45. The number of rotatable bonds is 2. The highest BCUT2D eigenvalue weighted by molar-refractivity contribution is 7.80. The zero-order valence-corrected chi connectivity index (χ0v) is 13.7. The molecule has 0 aromatic carbocycles. The second-order valence-corrected chi connectivity index (χ2v) is 7.54. The minimum atomic E-state index is 0.475. The van der Waals surface area contributed by atoms with E-state index < -0.39 is 0 Å². The first kappa shape index (κ1) is 14.6. The van der Waals surface area contributed by atoms with E-state index in [9.17, 15) is 0 Å². The standard InChI is InChI=1S/C16H24N4S/c1-9-12-6-10(16(12,2)3)7-13(9)20-15(21)19-11-4-5-14(17)18-8-11/h4-5,8-10,12-13H,6-7H2,1-3H3,(H2,17,18)(H2,19,20,21)/t9-,10+,12-,13-/m0/s1. The zero-order chi connectivity index (χ0) is 15.2. The van der Waals surface area contributed by atoms with Crippen molar-refractivity contribution in [1.29, 1.82) is 0 Å². The van der Waals surface area contributed by atoms with E-state index in [0.29, 0.717) is 28.3 Å². The Hall–Kier alpha value is -1.36. The molecule has 3 fully saturated rings. The molecule has 0 saturated heterocycles. The van der Waals surface area contributed by atoms with Crippen LogP contribution in [-0.2, 0) is 0 Å². The summed E-state index contributed by atoms with van der Waals surface area (Å²) in [7, 11) is 0. The first-order valence-electron chi connectivity index (χ1n) is 7.67. The van der Waals surface area contributed by atoms with Gasteiger partial charge in [-0.1, -0.05) is 20.8 Å². The molecule has 4 rings (SSSR count). The lowest BCUT2D eigenvalue weighted by Gasteiger charge is -2.62. The third-order valence-corrected chi connectivity index (χ3v) is 5.93. The van der Waals surface area contributed by atoms with E-state index in [1.807, 2.05) is 6.07 Å². The van der Waals surface area contributed by atoms with Gasteiger partial charge in [-0.2, -0.15) is 0 Å². The molecule has 5 heteroatoms. The zero-order valence-electron chi connectivity index (χ0n) is 12.9. The highest BCUT2D eigenvalue weighted by atomic mass is 32.1. The number of nitrogens with zero attached hydrogens (tertiary/aromatic N) is 1. The maximum Gasteiger partial charge on any atom is 0.171 e. The summed E-state index contributed by atoms with van der Waals surface area (Å²) >= 11 is 5.43. The van der Waals surface area contributed by atoms with E-state index in [1.54, 1.807) is 12.3 Å². The Balaban J connectivity index is 1.57. The number of hydrogen-bond donors (Lipinski definition) is 3. The Morgan fingerprint density at radius 1 is 1.38 bits per heavy atom. The summed E-state index contributed by atoms with van der Waals surface area (Å²) in [5.41, 5.74) is 6.96. The van der Waals surface area contributed by atoms with Crippen molar-refractivity contribution in [2.75, 3.05) is 11.1 Å². The van der Waals surface area contributed by atoms with Crippen molar-refractivity contribution in [3.8, 4) is 0 Å². The summed E-state index contributed by atoms with van der Waals surface area (Å²) in [6.07, 6.45) is 4.30. The third-order valence-electron chi connectivity index (χ3n) is 5.71. The fourth-order valence-electron chi connectivity index (χ4n) is 4.16. The van der Waals surface area contributed by atoms with Gasteiger partial charge >= 0.3 is 0 Å². The average Bonchev–Trinajstić information content (AvgIpc) is 2.43. The lowest BCUT2D eigenvalue weighted by Crippen LogP contribution is -2.61. The second kappa shape index (κ2) is 5.13. The van der Waals surface area contributed by atoms with Crippen molar-refractivity contribution >= 4 is 28.8 Å². The maximum atomic E-state index is 5.58. The molecular formula is C16H24N4S. The van der Waals surface area contributed by atoms with Crippen LogP contribution in [0.15, 0.2) is 18.3 Å². The van der Waals surface area contributed by atoms with Gasteiger partial charge in [-0.05, 0) is 60.4 Å². The fraction of sp³-hybridized carbons (Fsp3) is 0.625. The van der Waals surface area contributed by atoms with E-state index in [0.717, 1.165) is 17.5 Å². The normalized spacial score (nSPS) is 32.9. The van der Waals surface area contributed by atoms with Gasteiger partial charge in [-0.3, -0.25) is 0 Å². The number of aromatic nitrogens is 1. The fourth-order valence-corrected chi connectivity index (χ4v) is 4.42. The van der Waals surface area contributed by atoms with Crippen LogP contribution < -0.4 is 16.4 Å². The van der Waals surface area contributed by atoms with E-state index in [1.165, 1.54) is 12.8 Å². The monoisotopic (exact) mass is 304 g/mol. The largest absolute Gasteiger partial charge is 0.384 e. The van der Waals surface area contributed by atoms with Crippen molar-refractivity contribution in [2.45, 2.75) is 39.7 Å². The summed E-state index contributed by atoms with van der Waals surface area (Å²) < 4.78 is 0. The molecule has 3 saturated carbocycles. The van der Waals surface area contributed by atoms with Crippen LogP contribution in [0.4, 0.5) is 11.5 Å². The first-order valence-corrected chi connectivity index (χ1v) is 8.08. The summed E-state index contributed by atoms with van der Waals surface area (Å²) in [5.74, 6) is 2.82. The molecule has 0 amide bonds. The van der Waals surface area contributed by atoms with E-state index in [4.69, 9.17) is 18.0 Å². The summed E-state index contributed by atoms with van der Waals surface area (Å²) in [4.78, 5) is 4.06. The molecule has 0 unspecified atom stereocenters. The summed E-state index contributed by atoms with van der Waals surface area (Å²) in [5, 5.41) is 7.36. The SMILES string of the molecule is C[C@@H]1[C@@H](NC(=S)Nc2ccc(N)nc2)C[C@H]2C[C@@H]1C2(C)C. The second-order valence-electron chi connectivity index (χ2n) is 7.13. The van der Waals surface area contributed by atoms with Gasteiger partial charge in [0.2, 0.25) is 0 Å². The van der Waals surface area contributed by atoms with Crippen LogP contribution in [0, 0.1) is 23.2 Å². The van der Waals surface area contributed by atoms with Crippen LogP contribution in [0.2, 0.25) is 0 Å². The van der Waals surface area contributed by atoms with Gasteiger partial charge in [-0.15, -0.1) is 0 Å². The molecule has 0 radical (unpaired) electrons. The molecular weight excluding hydrogens is 280 g/mol. The Morgan fingerprint density at radius 2 is 2.14 bits per heavy atom. The van der Waals surface area contributed by atoms with Gasteiger partial charge in [0.15, 0.2) is 5.11 Å². The molecule has 4 atom stereocenters. The van der Waals surface area contributed by atoms with E-state index in [2.05, 4.69) is 36.4 Å². The van der Waals surface area contributed by atoms with Crippen LogP contribution in [0.25, 0.3) is 0 Å². The van der Waals surface area contributed by atoms with Gasteiger partial charge in [0.05, 0.1) is 11.9 Å². The third kappa shape index (κ3) is 2.59.